The maximum atomic E-state index is 12.3. The fourth-order valence-corrected chi connectivity index (χ4v) is 2.91. The van der Waals surface area contributed by atoms with E-state index < -0.39 is 0 Å². The Morgan fingerprint density at radius 3 is 2.70 bits per heavy atom. The van der Waals surface area contributed by atoms with Crippen molar-refractivity contribution in [2.45, 2.75) is 44.7 Å². The van der Waals surface area contributed by atoms with E-state index in [4.69, 9.17) is 5.73 Å². The summed E-state index contributed by atoms with van der Waals surface area (Å²) in [4.78, 5) is 25.4. The van der Waals surface area contributed by atoms with Gasteiger partial charge in [-0.15, -0.1) is 5.10 Å². The number of carbonyl (C=O) groups is 2. The molecule has 1 aromatic rings. The van der Waals surface area contributed by atoms with Crippen molar-refractivity contribution in [3.63, 3.8) is 0 Å². The summed E-state index contributed by atoms with van der Waals surface area (Å²) in [6, 6.07) is -0.0312. The Labute approximate surface area is 136 Å². The van der Waals surface area contributed by atoms with Crippen molar-refractivity contribution in [1.29, 1.82) is 0 Å². The Bertz CT molecular complexity index is 536. The van der Waals surface area contributed by atoms with Gasteiger partial charge in [0.1, 0.15) is 6.54 Å². The van der Waals surface area contributed by atoms with Crippen LogP contribution in [-0.2, 0) is 11.3 Å². The van der Waals surface area contributed by atoms with Gasteiger partial charge in [-0.1, -0.05) is 24.5 Å². The third kappa shape index (κ3) is 4.75. The second kappa shape index (κ2) is 8.05. The normalized spacial score (nSPS) is 16.8. The molecule has 0 aliphatic heterocycles. The van der Waals surface area contributed by atoms with Gasteiger partial charge < -0.3 is 16.0 Å². The summed E-state index contributed by atoms with van der Waals surface area (Å²) in [6.07, 6.45) is 7.35. The quantitative estimate of drug-likeness (QED) is 0.767. The number of nitrogens with zero attached hydrogens (tertiary/aromatic N) is 4. The van der Waals surface area contributed by atoms with Crippen molar-refractivity contribution >= 4 is 11.8 Å². The molecule has 1 aliphatic rings. The molecule has 1 aromatic heterocycles. The number of rotatable bonds is 6. The highest BCUT2D eigenvalue weighted by Crippen LogP contribution is 2.26. The molecule has 8 heteroatoms. The number of hydrogen-bond donors (Lipinski definition) is 2. The third-order valence-corrected chi connectivity index (χ3v) is 4.36. The summed E-state index contributed by atoms with van der Waals surface area (Å²) in [5, 5.41) is 10.6. The topological polar surface area (TPSA) is 106 Å². The van der Waals surface area contributed by atoms with Crippen molar-refractivity contribution in [2.75, 3.05) is 20.6 Å². The summed E-state index contributed by atoms with van der Waals surface area (Å²) in [6.45, 7) is 0.486. The largest absolute Gasteiger partial charge is 0.347 e. The van der Waals surface area contributed by atoms with Crippen LogP contribution in [0, 0.1) is 5.92 Å². The maximum Gasteiger partial charge on any atom is 0.273 e. The molecule has 1 fully saturated rings. The van der Waals surface area contributed by atoms with Crippen molar-refractivity contribution in [3.05, 3.63) is 11.9 Å². The van der Waals surface area contributed by atoms with Crippen LogP contribution in [0.25, 0.3) is 0 Å². The average Bonchev–Trinajstić information content (AvgIpc) is 3.01. The lowest BCUT2D eigenvalue weighted by Gasteiger charge is -2.29. The Kier molecular flexibility index (Phi) is 6.09. The molecular formula is C15H26N6O2. The van der Waals surface area contributed by atoms with Crippen LogP contribution in [-0.4, -0.2) is 58.4 Å². The van der Waals surface area contributed by atoms with Gasteiger partial charge in [-0.2, -0.15) is 0 Å². The number of likely N-dealkylation sites (N-methyl/N-ethyl adjacent to an activating group) is 1. The zero-order chi connectivity index (χ0) is 16.8. The monoisotopic (exact) mass is 322 g/mol. The highest BCUT2D eigenvalue weighted by atomic mass is 16.2. The number of amides is 2. The minimum Gasteiger partial charge on any atom is -0.347 e. The summed E-state index contributed by atoms with van der Waals surface area (Å²) in [5.41, 5.74) is 6.04. The van der Waals surface area contributed by atoms with Gasteiger partial charge in [-0.25, -0.2) is 4.68 Å². The van der Waals surface area contributed by atoms with Crippen LogP contribution in [0.1, 0.15) is 42.6 Å². The first kappa shape index (κ1) is 17.4. The number of nitrogens with one attached hydrogen (secondary N) is 1. The SMILES string of the molecule is CN(C)C(=O)Cn1cc(C(=O)NC(CN)C2CCCCC2)nn1. The van der Waals surface area contributed by atoms with Gasteiger partial charge in [0.2, 0.25) is 5.91 Å². The zero-order valence-electron chi connectivity index (χ0n) is 13.9. The molecule has 1 atom stereocenters. The molecule has 0 spiro atoms. The molecule has 1 saturated carbocycles. The molecule has 23 heavy (non-hydrogen) atoms. The summed E-state index contributed by atoms with van der Waals surface area (Å²) >= 11 is 0. The molecule has 1 aliphatic carbocycles. The van der Waals surface area contributed by atoms with E-state index in [-0.39, 0.29) is 30.1 Å². The molecule has 1 unspecified atom stereocenters. The van der Waals surface area contributed by atoms with Crippen LogP contribution in [0.5, 0.6) is 0 Å². The van der Waals surface area contributed by atoms with Crippen LogP contribution in [0.2, 0.25) is 0 Å². The second-order valence-corrected chi connectivity index (χ2v) is 6.30. The van der Waals surface area contributed by atoms with Gasteiger partial charge in [0.05, 0.1) is 6.20 Å². The lowest BCUT2D eigenvalue weighted by Crippen LogP contribution is -2.46. The first-order valence-corrected chi connectivity index (χ1v) is 8.12. The van der Waals surface area contributed by atoms with Gasteiger partial charge in [0.15, 0.2) is 5.69 Å². The molecule has 2 amide bonds. The molecule has 0 aromatic carbocycles. The molecule has 0 saturated heterocycles. The standard InChI is InChI=1S/C15H26N6O2/c1-20(2)14(22)10-21-9-13(18-19-21)15(23)17-12(8-16)11-6-4-3-5-7-11/h9,11-12H,3-8,10,16H2,1-2H3,(H,17,23). The molecule has 0 radical (unpaired) electrons. The van der Waals surface area contributed by atoms with E-state index in [1.807, 2.05) is 0 Å². The number of nitrogens with two attached hydrogens (primary N) is 1. The first-order chi connectivity index (χ1) is 11.0. The van der Waals surface area contributed by atoms with E-state index in [2.05, 4.69) is 15.6 Å². The second-order valence-electron chi connectivity index (χ2n) is 6.30. The molecule has 1 heterocycles. The molecule has 128 valence electrons. The summed E-state index contributed by atoms with van der Waals surface area (Å²) < 4.78 is 1.37. The predicted octanol–water partition coefficient (Wildman–Crippen LogP) is 0.00370. The van der Waals surface area contributed by atoms with Gasteiger partial charge in [0, 0.05) is 26.7 Å². The van der Waals surface area contributed by atoms with Crippen molar-refractivity contribution < 1.29 is 9.59 Å². The van der Waals surface area contributed by atoms with Gasteiger partial charge >= 0.3 is 0 Å². The Balaban J connectivity index is 1.94. The van der Waals surface area contributed by atoms with Gasteiger partial charge in [0.25, 0.3) is 5.91 Å². The number of hydrogen-bond acceptors (Lipinski definition) is 5. The first-order valence-electron chi connectivity index (χ1n) is 8.12. The minimum absolute atomic E-state index is 0.0312. The average molecular weight is 322 g/mol. The summed E-state index contributed by atoms with van der Waals surface area (Å²) in [7, 11) is 3.34. The molecule has 0 bridgehead atoms. The van der Waals surface area contributed by atoms with Crippen LogP contribution in [0.3, 0.4) is 0 Å². The van der Waals surface area contributed by atoms with E-state index in [0.29, 0.717) is 12.5 Å². The fraction of sp³-hybridized carbons (Fsp3) is 0.733. The van der Waals surface area contributed by atoms with Crippen LogP contribution >= 0.6 is 0 Å². The van der Waals surface area contributed by atoms with Crippen molar-refractivity contribution in [1.82, 2.24) is 25.2 Å². The zero-order valence-corrected chi connectivity index (χ0v) is 13.9. The van der Waals surface area contributed by atoms with E-state index >= 15 is 0 Å². The van der Waals surface area contributed by atoms with Crippen LogP contribution < -0.4 is 11.1 Å². The van der Waals surface area contributed by atoms with Gasteiger partial charge in [-0.05, 0) is 18.8 Å². The Morgan fingerprint density at radius 2 is 2.09 bits per heavy atom. The number of aromatic nitrogens is 3. The molecular weight excluding hydrogens is 296 g/mol. The molecule has 3 N–H and O–H groups in total. The predicted molar refractivity (Wildman–Crippen MR) is 85.6 cm³/mol. The molecule has 2 rings (SSSR count). The highest BCUT2D eigenvalue weighted by molar-refractivity contribution is 5.92. The van der Waals surface area contributed by atoms with E-state index in [0.717, 1.165) is 12.8 Å². The van der Waals surface area contributed by atoms with Gasteiger partial charge in [-0.3, -0.25) is 9.59 Å². The maximum absolute atomic E-state index is 12.3. The smallest absolute Gasteiger partial charge is 0.273 e. The Hall–Kier alpha value is -1.96. The van der Waals surface area contributed by atoms with E-state index in [1.54, 1.807) is 14.1 Å². The Morgan fingerprint density at radius 1 is 1.39 bits per heavy atom. The van der Waals surface area contributed by atoms with Crippen LogP contribution in [0.15, 0.2) is 6.20 Å². The van der Waals surface area contributed by atoms with Crippen molar-refractivity contribution in [2.24, 2.45) is 11.7 Å². The van der Waals surface area contributed by atoms with Crippen LogP contribution in [0.4, 0.5) is 0 Å². The fourth-order valence-electron chi connectivity index (χ4n) is 2.91. The third-order valence-electron chi connectivity index (χ3n) is 4.36. The number of carbonyl (C=O) groups excluding carboxylic acids is 2. The minimum atomic E-state index is -0.283. The summed E-state index contributed by atoms with van der Waals surface area (Å²) in [5.74, 6) is 0.0431. The van der Waals surface area contributed by atoms with E-state index in [1.165, 1.54) is 35.0 Å². The van der Waals surface area contributed by atoms with E-state index in [9.17, 15) is 9.59 Å². The highest BCUT2D eigenvalue weighted by Gasteiger charge is 2.25. The lowest BCUT2D eigenvalue weighted by atomic mass is 9.84. The van der Waals surface area contributed by atoms with Crippen molar-refractivity contribution in [3.8, 4) is 0 Å². The molecule has 8 nitrogen and oxygen atoms in total. The lowest BCUT2D eigenvalue weighted by molar-refractivity contribution is -0.129.